The first-order valence-electron chi connectivity index (χ1n) is 6.37. The van der Waals surface area contributed by atoms with E-state index in [1.807, 2.05) is 0 Å². The molecule has 0 spiro atoms. The Hall–Kier alpha value is -1.19. The number of benzene rings is 1. The number of alkyl halides is 3. The van der Waals surface area contributed by atoms with Crippen molar-refractivity contribution in [3.05, 3.63) is 28.8 Å². The van der Waals surface area contributed by atoms with E-state index >= 15 is 0 Å². The van der Waals surface area contributed by atoms with Crippen molar-refractivity contribution in [1.82, 2.24) is 0 Å². The Labute approximate surface area is 105 Å². The molecule has 1 fully saturated rings. The normalized spacial score (nSPS) is 16.2. The zero-order valence-electron chi connectivity index (χ0n) is 10.3. The van der Waals surface area contributed by atoms with Gasteiger partial charge in [0, 0.05) is 11.7 Å². The Balaban J connectivity index is 2.24. The van der Waals surface area contributed by atoms with Gasteiger partial charge in [-0.15, -0.1) is 0 Å². The van der Waals surface area contributed by atoms with Gasteiger partial charge < -0.3 is 5.32 Å². The van der Waals surface area contributed by atoms with Crippen LogP contribution in [0.4, 0.5) is 18.9 Å². The molecule has 18 heavy (non-hydrogen) atoms. The summed E-state index contributed by atoms with van der Waals surface area (Å²) in [5.74, 6) is 0. The van der Waals surface area contributed by atoms with E-state index in [1.54, 1.807) is 12.1 Å². The number of hydrogen-bond donors (Lipinski definition) is 1. The van der Waals surface area contributed by atoms with E-state index in [0.29, 0.717) is 11.7 Å². The fourth-order valence-electron chi connectivity index (χ4n) is 2.60. The van der Waals surface area contributed by atoms with Gasteiger partial charge in [-0.2, -0.15) is 0 Å². The molecular weight excluding hydrogens is 239 g/mol. The van der Waals surface area contributed by atoms with Crippen molar-refractivity contribution in [3.63, 3.8) is 0 Å². The number of rotatable bonds is 5. The maximum absolute atomic E-state index is 12.9. The number of halogens is 3. The minimum absolute atomic E-state index is 0.164. The van der Waals surface area contributed by atoms with Crippen molar-refractivity contribution in [2.24, 2.45) is 0 Å². The first kappa shape index (κ1) is 13.2. The zero-order chi connectivity index (χ0) is 13.0. The molecule has 1 nitrogen and oxygen atoms in total. The van der Waals surface area contributed by atoms with Crippen molar-refractivity contribution in [2.45, 2.75) is 51.7 Å². The molecule has 0 aliphatic heterocycles. The molecule has 1 aliphatic carbocycles. The summed E-state index contributed by atoms with van der Waals surface area (Å²) in [6, 6.07) is 3.58. The summed E-state index contributed by atoms with van der Waals surface area (Å²) in [7, 11) is 0. The van der Waals surface area contributed by atoms with Gasteiger partial charge >= 0.3 is 0 Å². The van der Waals surface area contributed by atoms with E-state index < -0.39 is 20.0 Å². The van der Waals surface area contributed by atoms with E-state index in [9.17, 15) is 13.2 Å². The highest BCUT2D eigenvalue weighted by molar-refractivity contribution is 5.53. The monoisotopic (exact) mass is 257 g/mol. The summed E-state index contributed by atoms with van der Waals surface area (Å²) in [6.45, 7) is -2.33. The lowest BCUT2D eigenvalue weighted by Crippen LogP contribution is -2.15. The van der Waals surface area contributed by atoms with Crippen molar-refractivity contribution in [1.29, 1.82) is 0 Å². The molecule has 1 aromatic carbocycles. The topological polar surface area (TPSA) is 12.0 Å². The molecule has 0 aromatic heterocycles. The van der Waals surface area contributed by atoms with Crippen LogP contribution in [-0.2, 0) is 20.0 Å². The van der Waals surface area contributed by atoms with E-state index in [2.05, 4.69) is 5.32 Å². The Morgan fingerprint density at radius 2 is 1.50 bits per heavy atom. The minimum Gasteiger partial charge on any atom is -0.382 e. The van der Waals surface area contributed by atoms with Crippen LogP contribution in [0.2, 0.25) is 0 Å². The lowest BCUT2D eigenvalue weighted by Gasteiger charge is -2.17. The second kappa shape index (κ2) is 6.12. The van der Waals surface area contributed by atoms with Gasteiger partial charge in [0.15, 0.2) is 0 Å². The molecule has 0 radical (unpaired) electrons. The quantitative estimate of drug-likeness (QED) is 0.821. The van der Waals surface area contributed by atoms with E-state index in [4.69, 9.17) is 0 Å². The fraction of sp³-hybridized carbons (Fsp3) is 0.571. The Kier molecular flexibility index (Phi) is 4.50. The van der Waals surface area contributed by atoms with Crippen LogP contribution in [0.15, 0.2) is 12.1 Å². The van der Waals surface area contributed by atoms with Crippen LogP contribution in [0.25, 0.3) is 0 Å². The summed E-state index contributed by atoms with van der Waals surface area (Å²) >= 11 is 0. The molecule has 0 bridgehead atoms. The van der Waals surface area contributed by atoms with Crippen molar-refractivity contribution in [2.75, 3.05) is 5.32 Å². The van der Waals surface area contributed by atoms with Crippen LogP contribution < -0.4 is 5.32 Å². The first-order chi connectivity index (χ1) is 8.78. The van der Waals surface area contributed by atoms with E-state index in [0.717, 1.165) is 12.8 Å². The third kappa shape index (κ3) is 2.79. The Bertz CT molecular complexity index is 375. The van der Waals surface area contributed by atoms with Gasteiger partial charge in [0.25, 0.3) is 0 Å². The lowest BCUT2D eigenvalue weighted by molar-refractivity contribution is 0.437. The Morgan fingerprint density at radius 1 is 0.944 bits per heavy atom. The molecule has 0 heterocycles. The fourth-order valence-corrected chi connectivity index (χ4v) is 2.60. The Morgan fingerprint density at radius 3 is 1.94 bits per heavy atom. The van der Waals surface area contributed by atoms with Gasteiger partial charge in [-0.3, -0.25) is 0 Å². The minimum atomic E-state index is -0.817. The van der Waals surface area contributed by atoms with Crippen molar-refractivity contribution < 1.29 is 13.2 Å². The van der Waals surface area contributed by atoms with Crippen molar-refractivity contribution in [3.8, 4) is 0 Å². The molecule has 100 valence electrons. The summed E-state index contributed by atoms with van der Waals surface area (Å²) in [4.78, 5) is 0. The molecule has 1 aromatic rings. The lowest BCUT2D eigenvalue weighted by atomic mass is 10.0. The number of nitrogens with one attached hydrogen (secondary N) is 1. The van der Waals surface area contributed by atoms with E-state index in [-0.39, 0.29) is 16.7 Å². The number of hydrogen-bond acceptors (Lipinski definition) is 1. The summed E-state index contributed by atoms with van der Waals surface area (Å²) in [5, 5.41) is 3.29. The summed E-state index contributed by atoms with van der Waals surface area (Å²) < 4.78 is 38.5. The molecule has 4 heteroatoms. The van der Waals surface area contributed by atoms with Crippen LogP contribution in [0, 0.1) is 0 Å². The van der Waals surface area contributed by atoms with Crippen LogP contribution >= 0.6 is 0 Å². The standard InChI is InChI=1S/C14H18F3N/c15-7-10-5-13(18-12-3-1-2-4-12)6-11(8-16)14(10)9-17/h5-6,12,18H,1-4,7-9H2. The van der Waals surface area contributed by atoms with Crippen LogP contribution in [-0.4, -0.2) is 6.04 Å². The molecule has 0 atom stereocenters. The molecule has 0 unspecified atom stereocenters. The van der Waals surface area contributed by atoms with Crippen LogP contribution in [0.3, 0.4) is 0 Å². The third-order valence-corrected chi connectivity index (χ3v) is 3.58. The van der Waals surface area contributed by atoms with Gasteiger partial charge in [-0.25, -0.2) is 13.2 Å². The predicted octanol–water partition coefficient (Wildman–Crippen LogP) is 4.45. The maximum atomic E-state index is 12.9. The van der Waals surface area contributed by atoms with Gasteiger partial charge in [0.05, 0.1) is 0 Å². The average Bonchev–Trinajstić information content (AvgIpc) is 2.90. The third-order valence-electron chi connectivity index (χ3n) is 3.58. The molecule has 2 rings (SSSR count). The first-order valence-corrected chi connectivity index (χ1v) is 6.37. The molecule has 0 amide bonds. The smallest absolute Gasteiger partial charge is 0.115 e. The SMILES string of the molecule is FCc1cc(NC2CCCC2)cc(CF)c1CF. The van der Waals surface area contributed by atoms with Crippen LogP contribution in [0.5, 0.6) is 0 Å². The summed E-state index contributed by atoms with van der Waals surface area (Å²) in [6.07, 6.45) is 4.54. The van der Waals surface area contributed by atoms with Gasteiger partial charge in [-0.05, 0) is 41.7 Å². The van der Waals surface area contributed by atoms with Gasteiger partial charge in [-0.1, -0.05) is 12.8 Å². The highest BCUT2D eigenvalue weighted by atomic mass is 19.1. The van der Waals surface area contributed by atoms with Crippen LogP contribution in [0.1, 0.15) is 42.4 Å². The van der Waals surface area contributed by atoms with E-state index in [1.165, 1.54) is 12.8 Å². The van der Waals surface area contributed by atoms with Crippen molar-refractivity contribution >= 4 is 5.69 Å². The highest BCUT2D eigenvalue weighted by Crippen LogP contribution is 2.27. The molecule has 1 saturated carbocycles. The molecule has 1 N–H and O–H groups in total. The molecular formula is C14H18F3N. The highest BCUT2D eigenvalue weighted by Gasteiger charge is 2.16. The summed E-state index contributed by atoms with van der Waals surface area (Å²) in [5.41, 5.74) is 1.39. The second-order valence-electron chi connectivity index (χ2n) is 4.80. The predicted molar refractivity (Wildman–Crippen MR) is 66.8 cm³/mol. The molecule has 0 saturated heterocycles. The second-order valence-corrected chi connectivity index (χ2v) is 4.80. The van der Waals surface area contributed by atoms with Gasteiger partial charge in [0.2, 0.25) is 0 Å². The largest absolute Gasteiger partial charge is 0.382 e. The molecule has 1 aliphatic rings. The maximum Gasteiger partial charge on any atom is 0.115 e. The number of anilines is 1. The average molecular weight is 257 g/mol. The van der Waals surface area contributed by atoms with Gasteiger partial charge in [0.1, 0.15) is 20.0 Å². The zero-order valence-corrected chi connectivity index (χ0v) is 10.3.